The number of nitrogens with zero attached hydrogens (tertiary/aromatic N) is 1. The number of likely N-dealkylation sites (tertiary alicyclic amines) is 1. The quantitative estimate of drug-likeness (QED) is 0.758. The van der Waals surface area contributed by atoms with Gasteiger partial charge in [0.2, 0.25) is 5.91 Å². The highest BCUT2D eigenvalue weighted by atomic mass is 16.5. The standard InChI is InChI=1S/C13H24N2O3/c1-17-8-7-15-10-13(3-5-14-6-4-13)11(9-18-2)12(15)16/h11,14H,3-10H2,1-2H3/t11-/m0/s1. The molecule has 5 nitrogen and oxygen atoms in total. The lowest BCUT2D eigenvalue weighted by molar-refractivity contribution is -0.133. The molecule has 1 N–H and O–H groups in total. The molecule has 1 amide bonds. The number of methoxy groups -OCH3 is 2. The maximum Gasteiger partial charge on any atom is 0.228 e. The van der Waals surface area contributed by atoms with E-state index in [0.29, 0.717) is 19.8 Å². The monoisotopic (exact) mass is 256 g/mol. The van der Waals surface area contributed by atoms with Gasteiger partial charge in [-0.1, -0.05) is 0 Å². The molecule has 5 heteroatoms. The molecular formula is C13H24N2O3. The summed E-state index contributed by atoms with van der Waals surface area (Å²) in [5.41, 5.74) is 0.117. The first-order valence-corrected chi connectivity index (χ1v) is 6.71. The van der Waals surface area contributed by atoms with Crippen LogP contribution in [0.4, 0.5) is 0 Å². The molecule has 104 valence electrons. The van der Waals surface area contributed by atoms with Crippen LogP contribution in [0.25, 0.3) is 0 Å². The molecular weight excluding hydrogens is 232 g/mol. The lowest BCUT2D eigenvalue weighted by Crippen LogP contribution is -2.43. The molecule has 0 radical (unpaired) electrons. The average Bonchev–Trinajstić information content (AvgIpc) is 2.63. The van der Waals surface area contributed by atoms with Crippen LogP contribution in [0.2, 0.25) is 0 Å². The van der Waals surface area contributed by atoms with E-state index in [4.69, 9.17) is 9.47 Å². The van der Waals surface area contributed by atoms with Crippen molar-refractivity contribution in [3.63, 3.8) is 0 Å². The summed E-state index contributed by atoms with van der Waals surface area (Å²) in [5.74, 6) is 0.275. The molecule has 0 unspecified atom stereocenters. The molecule has 2 fully saturated rings. The molecule has 2 aliphatic heterocycles. The van der Waals surface area contributed by atoms with Gasteiger partial charge in [0.05, 0.1) is 19.1 Å². The van der Waals surface area contributed by atoms with Gasteiger partial charge in [0, 0.05) is 32.7 Å². The fourth-order valence-corrected chi connectivity index (χ4v) is 3.29. The number of carbonyl (C=O) groups excluding carboxylic acids is 1. The minimum absolute atomic E-state index is 0.0291. The lowest BCUT2D eigenvalue weighted by Gasteiger charge is -2.37. The molecule has 0 bridgehead atoms. The van der Waals surface area contributed by atoms with Crippen molar-refractivity contribution in [2.45, 2.75) is 12.8 Å². The number of hydrogen-bond acceptors (Lipinski definition) is 4. The Balaban J connectivity index is 2.09. The van der Waals surface area contributed by atoms with Crippen LogP contribution in [0.3, 0.4) is 0 Å². The Kier molecular flexibility index (Phi) is 4.59. The van der Waals surface area contributed by atoms with Crippen molar-refractivity contribution in [3.8, 4) is 0 Å². The third-order valence-corrected chi connectivity index (χ3v) is 4.35. The highest BCUT2D eigenvalue weighted by molar-refractivity contribution is 5.82. The Bertz CT molecular complexity index is 290. The topological polar surface area (TPSA) is 50.8 Å². The van der Waals surface area contributed by atoms with Crippen LogP contribution in [-0.2, 0) is 14.3 Å². The molecule has 0 saturated carbocycles. The van der Waals surface area contributed by atoms with Gasteiger partial charge in [0.1, 0.15) is 0 Å². The molecule has 0 aromatic carbocycles. The van der Waals surface area contributed by atoms with Gasteiger partial charge in [-0.05, 0) is 25.9 Å². The molecule has 0 aromatic heterocycles. The van der Waals surface area contributed by atoms with Crippen molar-refractivity contribution in [3.05, 3.63) is 0 Å². The summed E-state index contributed by atoms with van der Waals surface area (Å²) in [5, 5.41) is 3.38. The molecule has 0 aromatic rings. The number of amides is 1. The van der Waals surface area contributed by atoms with E-state index in [1.54, 1.807) is 14.2 Å². The van der Waals surface area contributed by atoms with Gasteiger partial charge in [-0.15, -0.1) is 0 Å². The number of piperidine rings is 1. The van der Waals surface area contributed by atoms with Crippen LogP contribution in [-0.4, -0.2) is 64.4 Å². The maximum atomic E-state index is 12.4. The normalized spacial score (nSPS) is 27.1. The number of carbonyl (C=O) groups is 1. The largest absolute Gasteiger partial charge is 0.384 e. The molecule has 0 aliphatic carbocycles. The summed E-state index contributed by atoms with van der Waals surface area (Å²) < 4.78 is 10.4. The van der Waals surface area contributed by atoms with Gasteiger partial charge in [-0.2, -0.15) is 0 Å². The first kappa shape index (κ1) is 13.8. The average molecular weight is 256 g/mol. The molecule has 2 rings (SSSR count). The van der Waals surface area contributed by atoms with Gasteiger partial charge >= 0.3 is 0 Å². The highest BCUT2D eigenvalue weighted by Crippen LogP contribution is 2.44. The number of hydrogen-bond donors (Lipinski definition) is 1. The fourth-order valence-electron chi connectivity index (χ4n) is 3.29. The summed E-state index contributed by atoms with van der Waals surface area (Å²) in [4.78, 5) is 14.4. The van der Waals surface area contributed by atoms with E-state index in [0.717, 1.165) is 32.5 Å². The second-order valence-electron chi connectivity index (χ2n) is 5.37. The van der Waals surface area contributed by atoms with Crippen LogP contribution in [0.1, 0.15) is 12.8 Å². The summed E-state index contributed by atoms with van der Waals surface area (Å²) >= 11 is 0. The van der Waals surface area contributed by atoms with E-state index in [-0.39, 0.29) is 17.2 Å². The summed E-state index contributed by atoms with van der Waals surface area (Å²) in [6.45, 7) is 4.73. The zero-order valence-electron chi connectivity index (χ0n) is 11.4. The van der Waals surface area contributed by atoms with Crippen molar-refractivity contribution < 1.29 is 14.3 Å². The van der Waals surface area contributed by atoms with Gasteiger partial charge in [-0.25, -0.2) is 0 Å². The van der Waals surface area contributed by atoms with E-state index in [1.807, 2.05) is 4.90 Å². The lowest BCUT2D eigenvalue weighted by atomic mass is 9.71. The third-order valence-electron chi connectivity index (χ3n) is 4.35. The Morgan fingerprint density at radius 3 is 2.67 bits per heavy atom. The molecule has 2 heterocycles. The maximum absolute atomic E-state index is 12.4. The van der Waals surface area contributed by atoms with E-state index >= 15 is 0 Å². The molecule has 2 saturated heterocycles. The first-order chi connectivity index (χ1) is 8.73. The second kappa shape index (κ2) is 5.99. The van der Waals surface area contributed by atoms with Crippen LogP contribution in [0.15, 0.2) is 0 Å². The highest BCUT2D eigenvalue weighted by Gasteiger charge is 2.51. The predicted octanol–water partition coefficient (Wildman–Crippen LogP) is 0.107. The minimum atomic E-state index is 0.0291. The van der Waals surface area contributed by atoms with E-state index in [2.05, 4.69) is 5.32 Å². The van der Waals surface area contributed by atoms with Crippen molar-refractivity contribution in [1.82, 2.24) is 10.2 Å². The van der Waals surface area contributed by atoms with E-state index in [1.165, 1.54) is 0 Å². The first-order valence-electron chi connectivity index (χ1n) is 6.71. The number of rotatable bonds is 5. The Morgan fingerprint density at radius 2 is 2.06 bits per heavy atom. The Hall–Kier alpha value is -0.650. The van der Waals surface area contributed by atoms with E-state index < -0.39 is 0 Å². The van der Waals surface area contributed by atoms with Gasteiger partial charge in [-0.3, -0.25) is 4.79 Å². The van der Waals surface area contributed by atoms with Crippen LogP contribution in [0.5, 0.6) is 0 Å². The summed E-state index contributed by atoms with van der Waals surface area (Å²) in [6.07, 6.45) is 2.13. The zero-order valence-corrected chi connectivity index (χ0v) is 11.4. The van der Waals surface area contributed by atoms with Crippen LogP contribution in [0, 0.1) is 11.3 Å². The van der Waals surface area contributed by atoms with Gasteiger partial charge < -0.3 is 19.7 Å². The van der Waals surface area contributed by atoms with Crippen molar-refractivity contribution >= 4 is 5.91 Å². The minimum Gasteiger partial charge on any atom is -0.384 e. The third kappa shape index (κ3) is 2.53. The Morgan fingerprint density at radius 1 is 1.33 bits per heavy atom. The Labute approximate surface area is 109 Å². The second-order valence-corrected chi connectivity index (χ2v) is 5.37. The number of ether oxygens (including phenoxy) is 2. The van der Waals surface area contributed by atoms with Crippen molar-refractivity contribution in [2.75, 3.05) is 53.6 Å². The molecule has 2 aliphatic rings. The van der Waals surface area contributed by atoms with Gasteiger partial charge in [0.15, 0.2) is 0 Å². The smallest absolute Gasteiger partial charge is 0.228 e. The van der Waals surface area contributed by atoms with Gasteiger partial charge in [0.25, 0.3) is 0 Å². The van der Waals surface area contributed by atoms with E-state index in [9.17, 15) is 4.79 Å². The predicted molar refractivity (Wildman–Crippen MR) is 68.4 cm³/mol. The molecule has 1 spiro atoms. The van der Waals surface area contributed by atoms with Crippen LogP contribution >= 0.6 is 0 Å². The van der Waals surface area contributed by atoms with Crippen molar-refractivity contribution in [2.24, 2.45) is 11.3 Å². The zero-order chi connectivity index (χ0) is 13.0. The molecule has 18 heavy (non-hydrogen) atoms. The van der Waals surface area contributed by atoms with Crippen LogP contribution < -0.4 is 5.32 Å². The summed E-state index contributed by atoms with van der Waals surface area (Å²) in [7, 11) is 3.35. The summed E-state index contributed by atoms with van der Waals surface area (Å²) in [6, 6.07) is 0. The number of nitrogens with one attached hydrogen (secondary N) is 1. The van der Waals surface area contributed by atoms with Crippen molar-refractivity contribution in [1.29, 1.82) is 0 Å². The SMILES string of the molecule is COCCN1CC2(CCNCC2)[C@@H](COC)C1=O. The molecule has 1 atom stereocenters. The fraction of sp³-hybridized carbons (Fsp3) is 0.923.